The summed E-state index contributed by atoms with van der Waals surface area (Å²) >= 11 is 0. The van der Waals surface area contributed by atoms with Gasteiger partial charge in [0.05, 0.1) is 38.9 Å². The van der Waals surface area contributed by atoms with Gasteiger partial charge < -0.3 is 18.6 Å². The van der Waals surface area contributed by atoms with Crippen molar-refractivity contribution in [3.63, 3.8) is 0 Å². The van der Waals surface area contributed by atoms with Crippen LogP contribution in [-0.4, -0.2) is 38.8 Å². The number of nitrogens with zero attached hydrogens (tertiary/aromatic N) is 2. The molecule has 0 aliphatic heterocycles. The highest BCUT2D eigenvalue weighted by Gasteiger charge is 2.40. The Bertz CT molecular complexity index is 1810. The Balaban J connectivity index is 1.96. The van der Waals surface area contributed by atoms with Crippen molar-refractivity contribution < 1.29 is 18.6 Å². The molecule has 0 saturated carbocycles. The number of rotatable bonds is 8. The molecule has 1 aromatic heterocycles. The SMILES string of the molecule is COc1ccc(-c2c3cc(OC)c(OC)c(O[Si](C)(C)C(C)(C)C)c3cc3c2n(C)c(=O)n3Cc2ccccc2)cc1. The van der Waals surface area contributed by atoms with Crippen LogP contribution in [0.1, 0.15) is 26.3 Å². The van der Waals surface area contributed by atoms with Gasteiger partial charge in [-0.15, -0.1) is 0 Å². The van der Waals surface area contributed by atoms with Gasteiger partial charge in [-0.3, -0.25) is 9.13 Å². The average Bonchev–Trinajstić information content (AvgIpc) is 3.20. The van der Waals surface area contributed by atoms with Crippen LogP contribution in [0.3, 0.4) is 0 Å². The second kappa shape index (κ2) is 10.9. The average molecular weight is 585 g/mol. The first-order chi connectivity index (χ1) is 19.9. The first-order valence-electron chi connectivity index (χ1n) is 14.1. The summed E-state index contributed by atoms with van der Waals surface area (Å²) in [6.45, 7) is 11.5. The van der Waals surface area contributed by atoms with Gasteiger partial charge in [-0.25, -0.2) is 4.79 Å². The van der Waals surface area contributed by atoms with Gasteiger partial charge in [0.25, 0.3) is 8.32 Å². The molecule has 0 radical (unpaired) electrons. The summed E-state index contributed by atoms with van der Waals surface area (Å²) in [6, 6.07) is 22.0. The molecule has 1 heterocycles. The number of imidazole rings is 1. The van der Waals surface area contributed by atoms with Crippen LogP contribution in [0.5, 0.6) is 23.0 Å². The van der Waals surface area contributed by atoms with Crippen LogP contribution >= 0.6 is 0 Å². The molecule has 7 nitrogen and oxygen atoms in total. The topological polar surface area (TPSA) is 63.9 Å². The smallest absolute Gasteiger partial charge is 0.329 e. The highest BCUT2D eigenvalue weighted by Crippen LogP contribution is 2.50. The molecule has 42 heavy (non-hydrogen) atoms. The summed E-state index contributed by atoms with van der Waals surface area (Å²) in [6.07, 6.45) is 0. The van der Waals surface area contributed by atoms with E-state index in [1.54, 1.807) is 25.9 Å². The molecule has 4 aromatic carbocycles. The van der Waals surface area contributed by atoms with Crippen LogP contribution in [0.15, 0.2) is 71.5 Å². The first kappa shape index (κ1) is 29.3. The molecular weight excluding hydrogens is 544 g/mol. The van der Waals surface area contributed by atoms with Crippen LogP contribution in [-0.2, 0) is 13.6 Å². The van der Waals surface area contributed by atoms with E-state index in [1.807, 2.05) is 72.3 Å². The lowest BCUT2D eigenvalue weighted by atomic mass is 9.95. The predicted molar refractivity (Wildman–Crippen MR) is 173 cm³/mol. The molecule has 0 amide bonds. The zero-order valence-corrected chi connectivity index (χ0v) is 27.0. The minimum absolute atomic E-state index is 0.0571. The summed E-state index contributed by atoms with van der Waals surface area (Å²) in [7, 11) is 4.43. The fourth-order valence-electron chi connectivity index (χ4n) is 5.19. The lowest BCUT2D eigenvalue weighted by molar-refractivity contribution is 0.342. The maximum Gasteiger partial charge on any atom is 0.329 e. The van der Waals surface area contributed by atoms with E-state index in [2.05, 4.69) is 39.9 Å². The van der Waals surface area contributed by atoms with E-state index < -0.39 is 8.32 Å². The van der Waals surface area contributed by atoms with Crippen molar-refractivity contribution in [2.45, 2.75) is 45.4 Å². The van der Waals surface area contributed by atoms with Crippen molar-refractivity contribution in [1.29, 1.82) is 0 Å². The molecule has 5 rings (SSSR count). The minimum atomic E-state index is -2.33. The number of aromatic nitrogens is 2. The van der Waals surface area contributed by atoms with Gasteiger partial charge in [0.15, 0.2) is 11.5 Å². The maximum absolute atomic E-state index is 13.9. The summed E-state index contributed by atoms with van der Waals surface area (Å²) in [5.74, 6) is 2.51. The van der Waals surface area contributed by atoms with E-state index in [-0.39, 0.29) is 10.7 Å². The van der Waals surface area contributed by atoms with Gasteiger partial charge in [0.1, 0.15) is 5.75 Å². The second-order valence-corrected chi connectivity index (χ2v) is 16.9. The van der Waals surface area contributed by atoms with Gasteiger partial charge in [-0.1, -0.05) is 63.2 Å². The quantitative estimate of drug-likeness (QED) is 0.176. The van der Waals surface area contributed by atoms with Crippen molar-refractivity contribution in [2.75, 3.05) is 21.3 Å². The highest BCUT2D eigenvalue weighted by atomic mass is 28.4. The molecule has 0 bridgehead atoms. The standard InChI is InChI=1S/C34H40N2O5Si/c1-34(2,3)42(8,9)41-31-26-19-27-30(35(4)33(37)36(27)21-22-13-11-10-12-14-22)29(23-15-17-24(38-5)18-16-23)25(26)20-28(39-6)32(31)40-7/h10-20H,21H2,1-9H3. The number of ether oxygens (including phenoxy) is 3. The van der Waals surface area contributed by atoms with E-state index in [0.717, 1.165) is 44.2 Å². The fourth-order valence-corrected chi connectivity index (χ4v) is 6.21. The predicted octanol–water partition coefficient (Wildman–Crippen LogP) is 7.62. The molecule has 220 valence electrons. The zero-order chi connectivity index (χ0) is 30.4. The van der Waals surface area contributed by atoms with Gasteiger partial charge in [-0.2, -0.15) is 0 Å². The van der Waals surface area contributed by atoms with E-state index in [9.17, 15) is 4.79 Å². The number of hydrogen-bond donors (Lipinski definition) is 0. The Morgan fingerprint density at radius 3 is 2.05 bits per heavy atom. The molecule has 0 aliphatic carbocycles. The van der Waals surface area contributed by atoms with Gasteiger partial charge >= 0.3 is 5.69 Å². The molecular formula is C34H40N2O5Si. The van der Waals surface area contributed by atoms with E-state index in [1.165, 1.54) is 0 Å². The number of methoxy groups -OCH3 is 3. The van der Waals surface area contributed by atoms with Crippen molar-refractivity contribution in [3.05, 3.63) is 82.8 Å². The second-order valence-electron chi connectivity index (χ2n) is 12.2. The van der Waals surface area contributed by atoms with Crippen molar-refractivity contribution >= 4 is 30.1 Å². The molecule has 0 fully saturated rings. The van der Waals surface area contributed by atoms with Gasteiger partial charge in [0.2, 0.25) is 5.75 Å². The highest BCUT2D eigenvalue weighted by molar-refractivity contribution is 6.74. The third kappa shape index (κ3) is 4.94. The number of aryl methyl sites for hydroxylation is 1. The Hall–Kier alpha value is -4.17. The Morgan fingerprint density at radius 1 is 0.810 bits per heavy atom. The monoisotopic (exact) mass is 584 g/mol. The molecule has 0 aliphatic rings. The number of hydrogen-bond acceptors (Lipinski definition) is 5. The summed E-state index contributed by atoms with van der Waals surface area (Å²) < 4.78 is 27.9. The van der Waals surface area contributed by atoms with Crippen LogP contribution in [0.2, 0.25) is 18.1 Å². The van der Waals surface area contributed by atoms with Crippen molar-refractivity contribution in [1.82, 2.24) is 9.13 Å². The Morgan fingerprint density at radius 2 is 1.48 bits per heavy atom. The number of benzene rings is 4. The van der Waals surface area contributed by atoms with Crippen LogP contribution in [0.25, 0.3) is 32.9 Å². The van der Waals surface area contributed by atoms with Crippen LogP contribution in [0, 0.1) is 0 Å². The number of fused-ring (bicyclic) bond motifs is 2. The summed E-state index contributed by atoms with van der Waals surface area (Å²) in [5.41, 5.74) is 4.46. The molecule has 8 heteroatoms. The van der Waals surface area contributed by atoms with E-state index in [0.29, 0.717) is 23.8 Å². The summed E-state index contributed by atoms with van der Waals surface area (Å²) in [4.78, 5) is 13.9. The van der Waals surface area contributed by atoms with Crippen LogP contribution in [0.4, 0.5) is 0 Å². The molecule has 5 aromatic rings. The van der Waals surface area contributed by atoms with Gasteiger partial charge in [0, 0.05) is 18.0 Å². The largest absolute Gasteiger partial charge is 0.541 e. The lowest BCUT2D eigenvalue weighted by Crippen LogP contribution is -2.44. The van der Waals surface area contributed by atoms with Crippen LogP contribution < -0.4 is 24.3 Å². The zero-order valence-electron chi connectivity index (χ0n) is 26.0. The van der Waals surface area contributed by atoms with E-state index in [4.69, 9.17) is 18.6 Å². The van der Waals surface area contributed by atoms with Crippen molar-refractivity contribution in [2.24, 2.45) is 7.05 Å². The lowest BCUT2D eigenvalue weighted by Gasteiger charge is -2.37. The first-order valence-corrected chi connectivity index (χ1v) is 17.0. The Kier molecular flexibility index (Phi) is 7.62. The van der Waals surface area contributed by atoms with Gasteiger partial charge in [-0.05, 0) is 58.9 Å². The molecule has 0 unspecified atom stereocenters. The minimum Gasteiger partial charge on any atom is -0.541 e. The maximum atomic E-state index is 13.9. The summed E-state index contributed by atoms with van der Waals surface area (Å²) in [5, 5.41) is 1.72. The third-order valence-corrected chi connectivity index (χ3v) is 12.9. The normalized spacial score (nSPS) is 12.1. The molecule has 0 saturated heterocycles. The molecule has 0 atom stereocenters. The van der Waals surface area contributed by atoms with E-state index >= 15 is 0 Å². The third-order valence-electron chi connectivity index (χ3n) is 8.56. The molecule has 0 spiro atoms. The van der Waals surface area contributed by atoms with Crippen molar-refractivity contribution in [3.8, 4) is 34.1 Å². The Labute approximate surface area is 248 Å². The molecule has 0 N–H and O–H groups in total. The fraction of sp³-hybridized carbons (Fsp3) is 0.324.